The van der Waals surface area contributed by atoms with Crippen LogP contribution in [0.25, 0.3) is 0 Å². The van der Waals surface area contributed by atoms with Crippen molar-refractivity contribution in [2.24, 2.45) is 5.92 Å². The molecule has 6 heteroatoms. The minimum absolute atomic E-state index is 0.121. The molecule has 1 aromatic heterocycles. The maximum Gasteiger partial charge on any atom is 0.272 e. The van der Waals surface area contributed by atoms with Gasteiger partial charge in [0.15, 0.2) is 0 Å². The SMILES string of the molecule is N#CC(NC(=O)c1ccc(=O)[nH]n1)C1CCCCC1. The van der Waals surface area contributed by atoms with Crippen molar-refractivity contribution in [1.82, 2.24) is 15.5 Å². The summed E-state index contributed by atoms with van der Waals surface area (Å²) in [5.74, 6) is -0.209. The quantitative estimate of drug-likeness (QED) is 0.846. The van der Waals surface area contributed by atoms with Gasteiger partial charge in [-0.25, -0.2) is 5.10 Å². The molecule has 0 bridgehead atoms. The van der Waals surface area contributed by atoms with Gasteiger partial charge in [0.25, 0.3) is 11.5 Å². The van der Waals surface area contributed by atoms with Crippen LogP contribution in [0.4, 0.5) is 0 Å². The molecular formula is C13H16N4O2. The molecule has 1 aliphatic rings. The maximum atomic E-state index is 11.9. The van der Waals surface area contributed by atoms with Crippen LogP contribution in [-0.2, 0) is 0 Å². The van der Waals surface area contributed by atoms with Gasteiger partial charge in [-0.15, -0.1) is 0 Å². The van der Waals surface area contributed by atoms with Crippen molar-refractivity contribution in [3.63, 3.8) is 0 Å². The van der Waals surface area contributed by atoms with E-state index in [1.54, 1.807) is 0 Å². The standard InChI is InChI=1S/C13H16N4O2/c14-8-11(9-4-2-1-3-5-9)15-13(19)10-6-7-12(18)17-16-10/h6-7,9,11H,1-5H2,(H,15,19)(H,17,18). The first-order valence-corrected chi connectivity index (χ1v) is 6.47. The topological polar surface area (TPSA) is 98.6 Å². The van der Waals surface area contributed by atoms with Gasteiger partial charge in [0.2, 0.25) is 0 Å². The first-order chi connectivity index (χ1) is 9.20. The number of nitrogens with zero attached hydrogens (tertiary/aromatic N) is 2. The summed E-state index contributed by atoms with van der Waals surface area (Å²) < 4.78 is 0. The molecule has 100 valence electrons. The maximum absolute atomic E-state index is 11.9. The number of aromatic amines is 1. The highest BCUT2D eigenvalue weighted by Gasteiger charge is 2.25. The number of hydrogen-bond acceptors (Lipinski definition) is 4. The van der Waals surface area contributed by atoms with Gasteiger partial charge in [-0.05, 0) is 24.8 Å². The molecule has 0 radical (unpaired) electrons. The van der Waals surface area contributed by atoms with Crippen LogP contribution >= 0.6 is 0 Å². The summed E-state index contributed by atoms with van der Waals surface area (Å²) in [6.45, 7) is 0. The van der Waals surface area contributed by atoms with E-state index in [0.29, 0.717) is 0 Å². The Labute approximate surface area is 110 Å². The van der Waals surface area contributed by atoms with E-state index >= 15 is 0 Å². The molecule has 1 amide bonds. The molecule has 1 atom stereocenters. The molecule has 1 heterocycles. The van der Waals surface area contributed by atoms with Gasteiger partial charge >= 0.3 is 0 Å². The zero-order valence-corrected chi connectivity index (χ0v) is 10.6. The second-order valence-corrected chi connectivity index (χ2v) is 4.78. The first-order valence-electron chi connectivity index (χ1n) is 6.47. The molecule has 6 nitrogen and oxygen atoms in total. The van der Waals surface area contributed by atoms with E-state index in [-0.39, 0.29) is 17.2 Å². The van der Waals surface area contributed by atoms with Crippen molar-refractivity contribution in [2.75, 3.05) is 0 Å². The highest BCUT2D eigenvalue weighted by Crippen LogP contribution is 2.26. The van der Waals surface area contributed by atoms with Gasteiger partial charge in [-0.3, -0.25) is 9.59 Å². The monoisotopic (exact) mass is 260 g/mol. The first kappa shape index (κ1) is 13.3. The second-order valence-electron chi connectivity index (χ2n) is 4.78. The predicted molar refractivity (Wildman–Crippen MR) is 68.3 cm³/mol. The molecule has 19 heavy (non-hydrogen) atoms. The van der Waals surface area contributed by atoms with Crippen LogP contribution in [0.3, 0.4) is 0 Å². The lowest BCUT2D eigenvalue weighted by Gasteiger charge is -2.26. The van der Waals surface area contributed by atoms with Gasteiger partial charge in [-0.2, -0.15) is 10.4 Å². The van der Waals surface area contributed by atoms with Crippen LogP contribution in [0, 0.1) is 17.2 Å². The molecule has 0 spiro atoms. The number of hydrogen-bond donors (Lipinski definition) is 2. The molecule has 1 saturated carbocycles. The minimum atomic E-state index is -0.485. The Morgan fingerprint density at radius 3 is 2.74 bits per heavy atom. The Balaban J connectivity index is 2.01. The van der Waals surface area contributed by atoms with Crippen molar-refractivity contribution in [2.45, 2.75) is 38.1 Å². The third-order valence-corrected chi connectivity index (χ3v) is 3.46. The van der Waals surface area contributed by atoms with Crippen LogP contribution in [0.2, 0.25) is 0 Å². The van der Waals surface area contributed by atoms with Crippen LogP contribution < -0.4 is 10.9 Å². The Morgan fingerprint density at radius 2 is 2.16 bits per heavy atom. The molecule has 0 aliphatic heterocycles. The fraction of sp³-hybridized carbons (Fsp3) is 0.538. The zero-order chi connectivity index (χ0) is 13.7. The lowest BCUT2D eigenvalue weighted by molar-refractivity contribution is 0.0922. The fourth-order valence-electron chi connectivity index (χ4n) is 2.41. The lowest BCUT2D eigenvalue weighted by atomic mass is 9.84. The van der Waals surface area contributed by atoms with E-state index in [4.69, 9.17) is 0 Å². The summed E-state index contributed by atoms with van der Waals surface area (Å²) in [6.07, 6.45) is 5.35. The van der Waals surface area contributed by atoms with E-state index in [2.05, 4.69) is 21.6 Å². The van der Waals surface area contributed by atoms with Gasteiger partial charge in [0.05, 0.1) is 6.07 Å². The molecular weight excluding hydrogens is 244 g/mol. The predicted octanol–water partition coefficient (Wildman–Crippen LogP) is 0.972. The lowest BCUT2D eigenvalue weighted by Crippen LogP contribution is -2.40. The average molecular weight is 260 g/mol. The molecule has 0 saturated heterocycles. The van der Waals surface area contributed by atoms with E-state index in [9.17, 15) is 14.9 Å². The van der Waals surface area contributed by atoms with Crippen LogP contribution in [0.15, 0.2) is 16.9 Å². The van der Waals surface area contributed by atoms with Crippen molar-refractivity contribution >= 4 is 5.91 Å². The molecule has 2 N–H and O–H groups in total. The highest BCUT2D eigenvalue weighted by atomic mass is 16.2. The third kappa shape index (κ3) is 3.41. The highest BCUT2D eigenvalue weighted by molar-refractivity contribution is 5.92. The summed E-state index contributed by atoms with van der Waals surface area (Å²) in [4.78, 5) is 22.8. The Morgan fingerprint density at radius 1 is 1.42 bits per heavy atom. The smallest absolute Gasteiger partial charge is 0.272 e. The van der Waals surface area contributed by atoms with Crippen molar-refractivity contribution in [1.29, 1.82) is 5.26 Å². The zero-order valence-electron chi connectivity index (χ0n) is 10.6. The molecule has 1 aromatic rings. The summed E-state index contributed by atoms with van der Waals surface area (Å²) in [7, 11) is 0. The number of rotatable bonds is 3. The van der Waals surface area contributed by atoms with E-state index in [0.717, 1.165) is 25.7 Å². The van der Waals surface area contributed by atoms with Crippen molar-refractivity contribution in [3.05, 3.63) is 28.2 Å². The Bertz CT molecular complexity index is 520. The molecule has 0 aromatic carbocycles. The van der Waals surface area contributed by atoms with E-state index < -0.39 is 11.9 Å². The summed E-state index contributed by atoms with van der Waals surface area (Å²) in [5, 5.41) is 17.7. The molecule has 1 aliphatic carbocycles. The Kier molecular flexibility index (Phi) is 4.29. The summed E-state index contributed by atoms with van der Waals surface area (Å²) >= 11 is 0. The number of amides is 1. The number of carbonyl (C=O) groups is 1. The van der Waals surface area contributed by atoms with Crippen LogP contribution in [-0.4, -0.2) is 22.1 Å². The average Bonchev–Trinajstić information content (AvgIpc) is 2.46. The normalized spacial score (nSPS) is 17.4. The minimum Gasteiger partial charge on any atom is -0.335 e. The molecule has 1 fully saturated rings. The number of H-pyrrole nitrogens is 1. The van der Waals surface area contributed by atoms with E-state index in [1.165, 1.54) is 18.6 Å². The van der Waals surface area contributed by atoms with Gasteiger partial charge in [-0.1, -0.05) is 19.3 Å². The van der Waals surface area contributed by atoms with Crippen molar-refractivity contribution in [3.8, 4) is 6.07 Å². The number of nitriles is 1. The summed E-state index contributed by atoms with van der Waals surface area (Å²) in [6, 6.07) is 4.26. The van der Waals surface area contributed by atoms with Gasteiger partial charge in [0.1, 0.15) is 11.7 Å². The molecule has 2 rings (SSSR count). The second kappa shape index (κ2) is 6.14. The largest absolute Gasteiger partial charge is 0.335 e. The Hall–Kier alpha value is -2.16. The van der Waals surface area contributed by atoms with Gasteiger partial charge < -0.3 is 5.32 Å². The van der Waals surface area contributed by atoms with Crippen molar-refractivity contribution < 1.29 is 4.79 Å². The number of nitrogens with one attached hydrogen (secondary N) is 2. The number of carbonyl (C=O) groups excluding carboxylic acids is 1. The molecule has 1 unspecified atom stereocenters. The van der Waals surface area contributed by atoms with Gasteiger partial charge in [0, 0.05) is 6.07 Å². The van der Waals surface area contributed by atoms with Crippen LogP contribution in [0.5, 0.6) is 0 Å². The number of aromatic nitrogens is 2. The summed E-state index contributed by atoms with van der Waals surface area (Å²) in [5.41, 5.74) is -0.240. The third-order valence-electron chi connectivity index (χ3n) is 3.46. The van der Waals surface area contributed by atoms with Crippen LogP contribution in [0.1, 0.15) is 42.6 Å². The fourth-order valence-corrected chi connectivity index (χ4v) is 2.41. The van der Waals surface area contributed by atoms with E-state index in [1.807, 2.05) is 0 Å².